The van der Waals surface area contributed by atoms with Gasteiger partial charge in [0.2, 0.25) is 0 Å². The Kier molecular flexibility index (Phi) is 4.65. The van der Waals surface area contributed by atoms with E-state index in [1.807, 2.05) is 6.07 Å². The second-order valence-corrected chi connectivity index (χ2v) is 5.96. The normalized spacial score (nSPS) is 22.1. The number of nitrogens with zero attached hydrogens (tertiary/aromatic N) is 1. The molecule has 1 aliphatic heterocycles. The SMILES string of the molecule is CC(C)C1CCCN(Cc2cccc(N)c2)CC1. The third-order valence-electron chi connectivity index (χ3n) is 4.17. The van der Waals surface area contributed by atoms with Crippen molar-refractivity contribution in [2.24, 2.45) is 11.8 Å². The first-order valence-electron chi connectivity index (χ1n) is 7.22. The Hall–Kier alpha value is -1.02. The minimum atomic E-state index is 0.831. The van der Waals surface area contributed by atoms with Gasteiger partial charge >= 0.3 is 0 Å². The fourth-order valence-electron chi connectivity index (χ4n) is 2.96. The van der Waals surface area contributed by atoms with E-state index < -0.39 is 0 Å². The highest BCUT2D eigenvalue weighted by atomic mass is 15.1. The summed E-state index contributed by atoms with van der Waals surface area (Å²) in [5, 5.41) is 0. The van der Waals surface area contributed by atoms with E-state index in [1.165, 1.54) is 37.9 Å². The molecule has 2 nitrogen and oxygen atoms in total. The molecule has 1 saturated heterocycles. The summed E-state index contributed by atoms with van der Waals surface area (Å²) >= 11 is 0. The van der Waals surface area contributed by atoms with E-state index in [4.69, 9.17) is 5.73 Å². The number of nitrogen functional groups attached to an aromatic ring is 1. The van der Waals surface area contributed by atoms with Crippen LogP contribution in [0.15, 0.2) is 24.3 Å². The van der Waals surface area contributed by atoms with Gasteiger partial charge in [-0.15, -0.1) is 0 Å². The van der Waals surface area contributed by atoms with Gasteiger partial charge in [0.25, 0.3) is 0 Å². The Balaban J connectivity index is 1.91. The van der Waals surface area contributed by atoms with E-state index in [1.54, 1.807) is 0 Å². The molecule has 18 heavy (non-hydrogen) atoms. The molecule has 0 aliphatic carbocycles. The first-order valence-corrected chi connectivity index (χ1v) is 7.22. The van der Waals surface area contributed by atoms with Crippen molar-refractivity contribution in [1.29, 1.82) is 0 Å². The largest absolute Gasteiger partial charge is 0.399 e. The lowest BCUT2D eigenvalue weighted by Crippen LogP contribution is -2.24. The Morgan fingerprint density at radius 3 is 2.83 bits per heavy atom. The van der Waals surface area contributed by atoms with Crippen molar-refractivity contribution in [3.05, 3.63) is 29.8 Å². The predicted molar refractivity (Wildman–Crippen MR) is 78.3 cm³/mol. The third kappa shape index (κ3) is 3.74. The summed E-state index contributed by atoms with van der Waals surface area (Å²) in [4.78, 5) is 2.58. The quantitative estimate of drug-likeness (QED) is 0.827. The molecule has 1 aromatic rings. The van der Waals surface area contributed by atoms with E-state index in [-0.39, 0.29) is 0 Å². The van der Waals surface area contributed by atoms with Crippen molar-refractivity contribution in [2.45, 2.75) is 39.7 Å². The molecule has 100 valence electrons. The monoisotopic (exact) mass is 246 g/mol. The van der Waals surface area contributed by atoms with Gasteiger partial charge in [-0.2, -0.15) is 0 Å². The van der Waals surface area contributed by atoms with Crippen molar-refractivity contribution in [3.63, 3.8) is 0 Å². The van der Waals surface area contributed by atoms with Crippen LogP contribution < -0.4 is 5.73 Å². The van der Waals surface area contributed by atoms with Crippen LogP contribution >= 0.6 is 0 Å². The molecule has 0 spiro atoms. The van der Waals surface area contributed by atoms with E-state index in [0.717, 1.165) is 24.1 Å². The molecular weight excluding hydrogens is 220 g/mol. The third-order valence-corrected chi connectivity index (χ3v) is 4.17. The molecule has 2 rings (SSSR count). The van der Waals surface area contributed by atoms with E-state index in [9.17, 15) is 0 Å². The number of hydrogen-bond donors (Lipinski definition) is 1. The molecule has 1 fully saturated rings. The number of anilines is 1. The predicted octanol–water partition coefficient (Wildman–Crippen LogP) is 3.53. The van der Waals surface area contributed by atoms with Crippen LogP contribution in [0.5, 0.6) is 0 Å². The zero-order valence-electron chi connectivity index (χ0n) is 11.7. The number of nitrogens with two attached hydrogens (primary N) is 1. The van der Waals surface area contributed by atoms with Crippen LogP contribution in [0.1, 0.15) is 38.7 Å². The van der Waals surface area contributed by atoms with Crippen LogP contribution in [0.25, 0.3) is 0 Å². The maximum absolute atomic E-state index is 5.84. The van der Waals surface area contributed by atoms with Crippen LogP contribution in [-0.2, 0) is 6.54 Å². The second kappa shape index (κ2) is 6.24. The maximum Gasteiger partial charge on any atom is 0.0317 e. The zero-order chi connectivity index (χ0) is 13.0. The summed E-state index contributed by atoms with van der Waals surface area (Å²) in [6.07, 6.45) is 4.08. The van der Waals surface area contributed by atoms with Crippen molar-refractivity contribution in [3.8, 4) is 0 Å². The molecule has 0 radical (unpaired) electrons. The molecule has 2 N–H and O–H groups in total. The summed E-state index contributed by atoms with van der Waals surface area (Å²) in [6.45, 7) is 8.24. The van der Waals surface area contributed by atoms with Crippen LogP contribution in [-0.4, -0.2) is 18.0 Å². The smallest absolute Gasteiger partial charge is 0.0317 e. The van der Waals surface area contributed by atoms with Gasteiger partial charge in [-0.3, -0.25) is 4.90 Å². The van der Waals surface area contributed by atoms with Gasteiger partial charge in [-0.1, -0.05) is 26.0 Å². The van der Waals surface area contributed by atoms with Gasteiger partial charge < -0.3 is 5.73 Å². The molecule has 0 aromatic heterocycles. The van der Waals surface area contributed by atoms with E-state index in [0.29, 0.717) is 0 Å². The molecule has 1 aromatic carbocycles. The standard InChI is InChI=1S/C16H26N2/c1-13(2)15-6-4-9-18(10-8-15)12-14-5-3-7-16(17)11-14/h3,5,7,11,13,15H,4,6,8-10,12,17H2,1-2H3. The van der Waals surface area contributed by atoms with Crippen molar-refractivity contribution in [2.75, 3.05) is 18.8 Å². The van der Waals surface area contributed by atoms with Gasteiger partial charge in [0.15, 0.2) is 0 Å². The lowest BCUT2D eigenvalue weighted by molar-refractivity contribution is 0.265. The van der Waals surface area contributed by atoms with Crippen LogP contribution in [0.3, 0.4) is 0 Å². The van der Waals surface area contributed by atoms with Crippen LogP contribution in [0, 0.1) is 11.8 Å². The average molecular weight is 246 g/mol. The molecule has 2 heteroatoms. The van der Waals surface area contributed by atoms with Gasteiger partial charge in [-0.25, -0.2) is 0 Å². The molecule has 1 unspecified atom stereocenters. The molecule has 1 aliphatic rings. The highest BCUT2D eigenvalue weighted by Gasteiger charge is 2.19. The Labute approximate surface area is 111 Å². The zero-order valence-corrected chi connectivity index (χ0v) is 11.7. The fourth-order valence-corrected chi connectivity index (χ4v) is 2.96. The summed E-state index contributed by atoms with van der Waals surface area (Å²) < 4.78 is 0. The number of likely N-dealkylation sites (tertiary alicyclic amines) is 1. The number of benzene rings is 1. The van der Waals surface area contributed by atoms with Gasteiger partial charge in [0.1, 0.15) is 0 Å². The minimum absolute atomic E-state index is 0.831. The Bertz CT molecular complexity index is 373. The number of hydrogen-bond acceptors (Lipinski definition) is 2. The molecule has 0 bridgehead atoms. The van der Waals surface area contributed by atoms with Crippen molar-refractivity contribution in [1.82, 2.24) is 4.90 Å². The number of rotatable bonds is 3. The summed E-state index contributed by atoms with van der Waals surface area (Å²) in [6, 6.07) is 8.30. The highest BCUT2D eigenvalue weighted by molar-refractivity contribution is 5.40. The fraction of sp³-hybridized carbons (Fsp3) is 0.625. The van der Waals surface area contributed by atoms with E-state index >= 15 is 0 Å². The van der Waals surface area contributed by atoms with Crippen molar-refractivity contribution >= 4 is 5.69 Å². The highest BCUT2D eigenvalue weighted by Crippen LogP contribution is 2.25. The first-order chi connectivity index (χ1) is 8.65. The van der Waals surface area contributed by atoms with Crippen LogP contribution in [0.2, 0.25) is 0 Å². The Morgan fingerprint density at radius 1 is 1.28 bits per heavy atom. The lowest BCUT2D eigenvalue weighted by Gasteiger charge is -2.21. The molecule has 0 amide bonds. The second-order valence-electron chi connectivity index (χ2n) is 5.96. The summed E-state index contributed by atoms with van der Waals surface area (Å²) in [5.41, 5.74) is 8.06. The minimum Gasteiger partial charge on any atom is -0.399 e. The topological polar surface area (TPSA) is 29.3 Å². The Morgan fingerprint density at radius 2 is 2.11 bits per heavy atom. The summed E-state index contributed by atoms with van der Waals surface area (Å²) in [7, 11) is 0. The average Bonchev–Trinajstić information content (AvgIpc) is 2.55. The molecule has 0 saturated carbocycles. The molecular formula is C16H26N2. The van der Waals surface area contributed by atoms with Crippen LogP contribution in [0.4, 0.5) is 5.69 Å². The lowest BCUT2D eigenvalue weighted by atomic mass is 9.89. The van der Waals surface area contributed by atoms with E-state index in [2.05, 4.69) is 36.9 Å². The summed E-state index contributed by atoms with van der Waals surface area (Å²) in [5.74, 6) is 1.74. The van der Waals surface area contributed by atoms with Gasteiger partial charge in [0.05, 0.1) is 0 Å². The van der Waals surface area contributed by atoms with Crippen molar-refractivity contribution < 1.29 is 0 Å². The molecule has 1 atom stereocenters. The maximum atomic E-state index is 5.84. The van der Waals surface area contributed by atoms with Gasteiger partial charge in [-0.05, 0) is 61.9 Å². The molecule has 1 heterocycles. The van der Waals surface area contributed by atoms with Gasteiger partial charge in [0, 0.05) is 12.2 Å². The first kappa shape index (κ1) is 13.4.